The summed E-state index contributed by atoms with van der Waals surface area (Å²) in [6, 6.07) is 10.4. The molecule has 1 fully saturated rings. The molecule has 1 aliphatic rings. The first-order valence-electron chi connectivity index (χ1n) is 6.05. The molecule has 1 unspecified atom stereocenters. The smallest absolute Gasteiger partial charge is 0.0631 e. The summed E-state index contributed by atoms with van der Waals surface area (Å²) in [4.78, 5) is 0. The van der Waals surface area contributed by atoms with E-state index in [2.05, 4.69) is 50.3 Å². The minimum Gasteiger partial charge on any atom is -0.372 e. The van der Waals surface area contributed by atoms with Crippen molar-refractivity contribution in [3.63, 3.8) is 0 Å². The second-order valence-corrected chi connectivity index (χ2v) is 5.09. The Morgan fingerprint density at radius 2 is 2.06 bits per heavy atom. The Bertz CT molecular complexity index is 351. The zero-order valence-corrected chi connectivity index (χ0v) is 10.1. The maximum Gasteiger partial charge on any atom is 0.0631 e. The predicted molar refractivity (Wildman–Crippen MR) is 68.3 cm³/mol. The van der Waals surface area contributed by atoms with Gasteiger partial charge in [0, 0.05) is 0 Å². The van der Waals surface area contributed by atoms with Crippen LogP contribution in [0.15, 0.2) is 36.4 Å². The van der Waals surface area contributed by atoms with E-state index in [0.717, 1.165) is 6.42 Å². The first-order valence-corrected chi connectivity index (χ1v) is 6.05. The highest BCUT2D eigenvalue weighted by atomic mass is 16.5. The maximum atomic E-state index is 5.94. The second-order valence-electron chi connectivity index (χ2n) is 5.09. The van der Waals surface area contributed by atoms with Gasteiger partial charge in [-0.05, 0) is 38.7 Å². The molecular formula is C15H20O. The molecule has 1 aromatic rings. The lowest BCUT2D eigenvalue weighted by molar-refractivity contribution is -0.0133. The molecule has 1 saturated heterocycles. The van der Waals surface area contributed by atoms with Gasteiger partial charge in [0.2, 0.25) is 0 Å². The van der Waals surface area contributed by atoms with Gasteiger partial charge < -0.3 is 4.74 Å². The fourth-order valence-electron chi connectivity index (χ4n) is 2.16. The zero-order valence-electron chi connectivity index (χ0n) is 10.1. The Morgan fingerprint density at radius 1 is 1.31 bits per heavy atom. The van der Waals surface area contributed by atoms with Gasteiger partial charge in [-0.15, -0.1) is 0 Å². The predicted octanol–water partition coefficient (Wildman–Crippen LogP) is 4.05. The van der Waals surface area contributed by atoms with Gasteiger partial charge in [0.25, 0.3) is 0 Å². The van der Waals surface area contributed by atoms with Gasteiger partial charge in [0.1, 0.15) is 0 Å². The molecule has 0 amide bonds. The number of rotatable bonds is 3. The average molecular weight is 216 g/mol. The molecule has 1 nitrogen and oxygen atoms in total. The molecule has 1 heteroatoms. The lowest BCUT2D eigenvalue weighted by atomic mass is 10.0. The van der Waals surface area contributed by atoms with Crippen molar-refractivity contribution < 1.29 is 4.74 Å². The van der Waals surface area contributed by atoms with E-state index in [-0.39, 0.29) is 5.60 Å². The summed E-state index contributed by atoms with van der Waals surface area (Å²) in [5.41, 5.74) is 1.35. The summed E-state index contributed by atoms with van der Waals surface area (Å²) in [6.07, 6.45) is 8.20. The van der Waals surface area contributed by atoms with Gasteiger partial charge in [-0.3, -0.25) is 0 Å². The fourth-order valence-corrected chi connectivity index (χ4v) is 2.16. The summed E-state index contributed by atoms with van der Waals surface area (Å²) in [6.45, 7) is 4.35. The van der Waals surface area contributed by atoms with Crippen molar-refractivity contribution in [3.8, 4) is 0 Å². The topological polar surface area (TPSA) is 9.23 Å². The van der Waals surface area contributed by atoms with Gasteiger partial charge in [0.15, 0.2) is 0 Å². The van der Waals surface area contributed by atoms with Crippen molar-refractivity contribution in [2.45, 2.75) is 44.8 Å². The van der Waals surface area contributed by atoms with Crippen molar-refractivity contribution in [2.75, 3.05) is 0 Å². The highest BCUT2D eigenvalue weighted by molar-refractivity contribution is 5.48. The van der Waals surface area contributed by atoms with Crippen molar-refractivity contribution in [2.24, 2.45) is 0 Å². The number of hydrogen-bond acceptors (Lipinski definition) is 1. The minimum absolute atomic E-state index is 0.0885. The Kier molecular flexibility index (Phi) is 3.45. The average Bonchev–Trinajstić information content (AvgIpc) is 2.60. The van der Waals surface area contributed by atoms with E-state index < -0.39 is 0 Å². The first-order chi connectivity index (χ1) is 7.66. The Morgan fingerprint density at radius 3 is 2.69 bits per heavy atom. The van der Waals surface area contributed by atoms with Crippen molar-refractivity contribution in [1.82, 2.24) is 0 Å². The normalized spacial score (nSPS) is 24.0. The molecular weight excluding hydrogens is 196 g/mol. The van der Waals surface area contributed by atoms with Crippen LogP contribution in [0.4, 0.5) is 0 Å². The van der Waals surface area contributed by atoms with Crippen LogP contribution in [-0.4, -0.2) is 11.7 Å². The molecule has 1 aromatic carbocycles. The molecule has 86 valence electrons. The third kappa shape index (κ3) is 3.21. The zero-order chi connectivity index (χ0) is 11.4. The summed E-state index contributed by atoms with van der Waals surface area (Å²) in [5.74, 6) is 0. The molecule has 0 N–H and O–H groups in total. The van der Waals surface area contributed by atoms with E-state index in [0.29, 0.717) is 6.10 Å². The van der Waals surface area contributed by atoms with Gasteiger partial charge >= 0.3 is 0 Å². The number of ether oxygens (including phenoxy) is 1. The fraction of sp³-hybridized carbons (Fsp3) is 0.467. The van der Waals surface area contributed by atoms with Crippen molar-refractivity contribution in [1.29, 1.82) is 0 Å². The molecule has 16 heavy (non-hydrogen) atoms. The summed E-state index contributed by atoms with van der Waals surface area (Å²) in [5, 5.41) is 0. The molecule has 2 rings (SSSR count). The van der Waals surface area contributed by atoms with Crippen molar-refractivity contribution in [3.05, 3.63) is 42.0 Å². The minimum atomic E-state index is 0.0885. The van der Waals surface area contributed by atoms with E-state index in [1.54, 1.807) is 0 Å². The Hall–Kier alpha value is -1.08. The van der Waals surface area contributed by atoms with Gasteiger partial charge in [-0.25, -0.2) is 0 Å². The largest absolute Gasteiger partial charge is 0.372 e. The Balaban J connectivity index is 1.82. The molecule has 0 spiro atoms. The summed E-state index contributed by atoms with van der Waals surface area (Å²) < 4.78 is 5.94. The first kappa shape index (κ1) is 11.4. The molecule has 1 heterocycles. The van der Waals surface area contributed by atoms with E-state index in [1.807, 2.05) is 6.07 Å². The SMILES string of the molecule is CC1(C)CCC(C/C=C/c2ccccc2)O1. The molecule has 0 aromatic heterocycles. The monoisotopic (exact) mass is 216 g/mol. The molecule has 1 atom stereocenters. The van der Waals surface area contributed by atoms with Crippen LogP contribution >= 0.6 is 0 Å². The third-order valence-corrected chi connectivity index (χ3v) is 3.06. The van der Waals surface area contributed by atoms with Crippen LogP contribution in [-0.2, 0) is 4.74 Å². The highest BCUT2D eigenvalue weighted by Gasteiger charge is 2.30. The van der Waals surface area contributed by atoms with Gasteiger partial charge in [-0.1, -0.05) is 42.5 Å². The molecule has 1 aliphatic heterocycles. The lowest BCUT2D eigenvalue weighted by Crippen LogP contribution is -2.19. The highest BCUT2D eigenvalue weighted by Crippen LogP contribution is 2.31. The number of benzene rings is 1. The van der Waals surface area contributed by atoms with Crippen LogP contribution in [0.2, 0.25) is 0 Å². The number of hydrogen-bond donors (Lipinski definition) is 0. The van der Waals surface area contributed by atoms with Crippen LogP contribution in [0.5, 0.6) is 0 Å². The van der Waals surface area contributed by atoms with Crippen LogP contribution in [0.3, 0.4) is 0 Å². The van der Waals surface area contributed by atoms with Crippen LogP contribution in [0.25, 0.3) is 6.08 Å². The Labute approximate surface area is 98.1 Å². The van der Waals surface area contributed by atoms with Crippen LogP contribution in [0.1, 0.15) is 38.7 Å². The maximum absolute atomic E-state index is 5.94. The second kappa shape index (κ2) is 4.84. The van der Waals surface area contributed by atoms with E-state index in [4.69, 9.17) is 4.74 Å². The lowest BCUT2D eigenvalue weighted by Gasteiger charge is -2.18. The molecule has 0 radical (unpaired) electrons. The third-order valence-electron chi connectivity index (χ3n) is 3.06. The molecule has 0 saturated carbocycles. The van der Waals surface area contributed by atoms with E-state index in [1.165, 1.54) is 18.4 Å². The molecule has 0 aliphatic carbocycles. The van der Waals surface area contributed by atoms with Crippen molar-refractivity contribution >= 4 is 6.08 Å². The van der Waals surface area contributed by atoms with E-state index >= 15 is 0 Å². The summed E-state index contributed by atoms with van der Waals surface area (Å²) in [7, 11) is 0. The quantitative estimate of drug-likeness (QED) is 0.740. The van der Waals surface area contributed by atoms with E-state index in [9.17, 15) is 0 Å². The van der Waals surface area contributed by atoms with Crippen LogP contribution in [0, 0.1) is 0 Å². The summed E-state index contributed by atoms with van der Waals surface area (Å²) >= 11 is 0. The van der Waals surface area contributed by atoms with Gasteiger partial charge in [-0.2, -0.15) is 0 Å². The molecule has 0 bridgehead atoms. The standard InChI is InChI=1S/C15H20O/c1-15(2)12-11-14(16-15)10-6-9-13-7-4-3-5-8-13/h3-9,14H,10-12H2,1-2H3/b9-6+. The van der Waals surface area contributed by atoms with Crippen LogP contribution < -0.4 is 0 Å². The van der Waals surface area contributed by atoms with Gasteiger partial charge in [0.05, 0.1) is 11.7 Å².